The fraction of sp³-hybridized carbons (Fsp3) is 0.316. The van der Waals surface area contributed by atoms with E-state index in [-0.39, 0.29) is 5.91 Å². The third-order valence-corrected chi connectivity index (χ3v) is 4.66. The quantitative estimate of drug-likeness (QED) is 0.859. The first kappa shape index (κ1) is 16.0. The van der Waals surface area contributed by atoms with Crippen molar-refractivity contribution in [2.24, 2.45) is 0 Å². The Balaban J connectivity index is 1.57. The maximum Gasteiger partial charge on any atom is 0.253 e. The number of benzene rings is 2. The average Bonchev–Trinajstić information content (AvgIpc) is 2.58. The molecule has 3 nitrogen and oxygen atoms in total. The van der Waals surface area contributed by atoms with E-state index in [9.17, 15) is 4.79 Å². The summed E-state index contributed by atoms with van der Waals surface area (Å²) in [5, 5.41) is 0.657. The third kappa shape index (κ3) is 3.92. The van der Waals surface area contributed by atoms with E-state index in [0.717, 1.165) is 32.7 Å². The van der Waals surface area contributed by atoms with Crippen LogP contribution in [0.15, 0.2) is 48.5 Å². The molecule has 1 aliphatic rings. The lowest BCUT2D eigenvalue weighted by Gasteiger charge is -2.35. The molecule has 0 radical (unpaired) electrons. The summed E-state index contributed by atoms with van der Waals surface area (Å²) in [7, 11) is 0. The molecular weight excluding hydrogens is 308 g/mol. The van der Waals surface area contributed by atoms with Crippen LogP contribution in [0.2, 0.25) is 5.02 Å². The van der Waals surface area contributed by atoms with Crippen LogP contribution in [0.1, 0.15) is 21.5 Å². The number of aryl methyl sites for hydroxylation is 1. The number of amides is 1. The number of hydrogen-bond donors (Lipinski definition) is 0. The van der Waals surface area contributed by atoms with Gasteiger partial charge in [-0.2, -0.15) is 0 Å². The normalized spacial score (nSPS) is 15.7. The highest BCUT2D eigenvalue weighted by Crippen LogP contribution is 2.15. The zero-order valence-corrected chi connectivity index (χ0v) is 14.1. The molecule has 3 rings (SSSR count). The molecule has 0 aliphatic carbocycles. The van der Waals surface area contributed by atoms with Gasteiger partial charge in [0.15, 0.2) is 0 Å². The van der Waals surface area contributed by atoms with Crippen molar-refractivity contribution in [1.29, 1.82) is 0 Å². The van der Waals surface area contributed by atoms with Gasteiger partial charge in [-0.15, -0.1) is 0 Å². The molecule has 0 bridgehead atoms. The van der Waals surface area contributed by atoms with Gasteiger partial charge >= 0.3 is 0 Å². The van der Waals surface area contributed by atoms with Gasteiger partial charge < -0.3 is 4.90 Å². The van der Waals surface area contributed by atoms with E-state index in [1.165, 1.54) is 11.1 Å². The van der Waals surface area contributed by atoms with Crippen molar-refractivity contribution < 1.29 is 4.79 Å². The molecule has 0 unspecified atom stereocenters. The maximum atomic E-state index is 12.5. The van der Waals surface area contributed by atoms with E-state index < -0.39 is 0 Å². The van der Waals surface area contributed by atoms with Crippen LogP contribution in [0.3, 0.4) is 0 Å². The fourth-order valence-corrected chi connectivity index (χ4v) is 3.04. The molecule has 1 aliphatic heterocycles. The summed E-state index contributed by atoms with van der Waals surface area (Å²) >= 11 is 5.88. The monoisotopic (exact) mass is 328 g/mol. The van der Waals surface area contributed by atoms with Crippen molar-refractivity contribution in [2.75, 3.05) is 26.2 Å². The van der Waals surface area contributed by atoms with Gasteiger partial charge in [-0.25, -0.2) is 0 Å². The Morgan fingerprint density at radius 2 is 1.65 bits per heavy atom. The molecule has 1 fully saturated rings. The van der Waals surface area contributed by atoms with Gasteiger partial charge in [-0.05, 0) is 42.3 Å². The van der Waals surface area contributed by atoms with Gasteiger partial charge in [-0.1, -0.05) is 35.9 Å². The molecule has 2 aromatic rings. The first-order chi connectivity index (χ1) is 11.1. The number of nitrogens with zero attached hydrogens (tertiary/aromatic N) is 2. The first-order valence-electron chi connectivity index (χ1n) is 7.95. The molecule has 120 valence electrons. The van der Waals surface area contributed by atoms with Gasteiger partial charge in [0.25, 0.3) is 5.91 Å². The molecule has 0 saturated carbocycles. The topological polar surface area (TPSA) is 23.6 Å². The Hall–Kier alpha value is -1.84. The van der Waals surface area contributed by atoms with Gasteiger partial charge in [0, 0.05) is 43.3 Å². The number of rotatable bonds is 3. The van der Waals surface area contributed by atoms with Gasteiger partial charge in [0.05, 0.1) is 0 Å². The summed E-state index contributed by atoms with van der Waals surface area (Å²) in [6.45, 7) is 6.47. The number of carbonyl (C=O) groups is 1. The summed E-state index contributed by atoms with van der Waals surface area (Å²) < 4.78 is 0. The number of hydrogen-bond acceptors (Lipinski definition) is 2. The molecule has 0 N–H and O–H groups in total. The predicted molar refractivity (Wildman–Crippen MR) is 93.8 cm³/mol. The minimum Gasteiger partial charge on any atom is -0.336 e. The minimum absolute atomic E-state index is 0.0946. The standard InChI is InChI=1S/C19H21ClN2O/c1-15-4-2-3-5-17(15)14-21-10-12-22(13-11-21)19(23)16-6-8-18(20)9-7-16/h2-9H,10-14H2,1H3. The number of piperazine rings is 1. The van der Waals surface area contributed by atoms with Crippen LogP contribution in [0.5, 0.6) is 0 Å². The van der Waals surface area contributed by atoms with Crippen molar-refractivity contribution in [3.63, 3.8) is 0 Å². The molecule has 1 saturated heterocycles. The molecule has 1 amide bonds. The molecule has 0 aromatic heterocycles. The first-order valence-corrected chi connectivity index (χ1v) is 8.33. The van der Waals surface area contributed by atoms with Gasteiger partial charge in [0.2, 0.25) is 0 Å². The van der Waals surface area contributed by atoms with E-state index in [4.69, 9.17) is 11.6 Å². The Morgan fingerprint density at radius 3 is 2.30 bits per heavy atom. The molecular formula is C19H21ClN2O. The summed E-state index contributed by atoms with van der Waals surface area (Å²) in [6.07, 6.45) is 0. The van der Waals surface area contributed by atoms with Gasteiger partial charge in [-0.3, -0.25) is 9.69 Å². The number of halogens is 1. The van der Waals surface area contributed by atoms with Crippen molar-refractivity contribution in [3.05, 3.63) is 70.2 Å². The van der Waals surface area contributed by atoms with E-state index in [1.54, 1.807) is 24.3 Å². The summed E-state index contributed by atoms with van der Waals surface area (Å²) in [6, 6.07) is 15.6. The molecule has 0 atom stereocenters. The van der Waals surface area contributed by atoms with E-state index in [2.05, 4.69) is 36.1 Å². The van der Waals surface area contributed by atoms with Crippen molar-refractivity contribution >= 4 is 17.5 Å². The highest BCUT2D eigenvalue weighted by Gasteiger charge is 2.22. The summed E-state index contributed by atoms with van der Waals surface area (Å²) in [5.74, 6) is 0.0946. The Morgan fingerprint density at radius 1 is 1.00 bits per heavy atom. The highest BCUT2D eigenvalue weighted by molar-refractivity contribution is 6.30. The van der Waals surface area contributed by atoms with Crippen LogP contribution in [0.4, 0.5) is 0 Å². The lowest BCUT2D eigenvalue weighted by atomic mass is 10.1. The van der Waals surface area contributed by atoms with Gasteiger partial charge in [0.1, 0.15) is 0 Å². The van der Waals surface area contributed by atoms with E-state index in [0.29, 0.717) is 10.6 Å². The Bertz CT molecular complexity index is 676. The summed E-state index contributed by atoms with van der Waals surface area (Å²) in [5.41, 5.74) is 3.40. The average molecular weight is 329 g/mol. The van der Waals surface area contributed by atoms with Crippen LogP contribution < -0.4 is 0 Å². The lowest BCUT2D eigenvalue weighted by Crippen LogP contribution is -2.48. The summed E-state index contributed by atoms with van der Waals surface area (Å²) in [4.78, 5) is 16.8. The van der Waals surface area contributed by atoms with Crippen molar-refractivity contribution in [3.8, 4) is 0 Å². The smallest absolute Gasteiger partial charge is 0.253 e. The Labute approximate surface area is 142 Å². The highest BCUT2D eigenvalue weighted by atomic mass is 35.5. The Kier molecular flexibility index (Phi) is 4.99. The third-order valence-electron chi connectivity index (χ3n) is 4.41. The van der Waals surface area contributed by atoms with Crippen LogP contribution in [-0.4, -0.2) is 41.9 Å². The predicted octanol–water partition coefficient (Wildman–Crippen LogP) is 3.61. The van der Waals surface area contributed by atoms with E-state index >= 15 is 0 Å². The van der Waals surface area contributed by atoms with E-state index in [1.807, 2.05) is 4.90 Å². The van der Waals surface area contributed by atoms with Crippen LogP contribution in [0, 0.1) is 6.92 Å². The van der Waals surface area contributed by atoms with Crippen molar-refractivity contribution in [2.45, 2.75) is 13.5 Å². The lowest BCUT2D eigenvalue weighted by molar-refractivity contribution is 0.0628. The second kappa shape index (κ2) is 7.16. The zero-order chi connectivity index (χ0) is 16.2. The second-order valence-corrected chi connectivity index (χ2v) is 6.44. The minimum atomic E-state index is 0.0946. The molecule has 1 heterocycles. The van der Waals surface area contributed by atoms with Crippen LogP contribution in [0.25, 0.3) is 0 Å². The fourth-order valence-electron chi connectivity index (χ4n) is 2.91. The second-order valence-electron chi connectivity index (χ2n) is 6.00. The largest absolute Gasteiger partial charge is 0.336 e. The number of carbonyl (C=O) groups excluding carboxylic acids is 1. The van der Waals surface area contributed by atoms with Crippen molar-refractivity contribution in [1.82, 2.24) is 9.80 Å². The molecule has 4 heteroatoms. The zero-order valence-electron chi connectivity index (χ0n) is 13.3. The maximum absolute atomic E-state index is 12.5. The molecule has 2 aromatic carbocycles. The molecule has 0 spiro atoms. The van der Waals surface area contributed by atoms with Crippen LogP contribution in [-0.2, 0) is 6.54 Å². The molecule has 23 heavy (non-hydrogen) atoms. The van der Waals surface area contributed by atoms with Crippen LogP contribution >= 0.6 is 11.6 Å². The SMILES string of the molecule is Cc1ccccc1CN1CCN(C(=O)c2ccc(Cl)cc2)CC1.